The van der Waals surface area contributed by atoms with Crippen molar-refractivity contribution in [2.45, 2.75) is 38.9 Å². The number of aromatic hydroxyl groups is 1. The molecule has 0 spiro atoms. The van der Waals surface area contributed by atoms with Gasteiger partial charge in [-0.2, -0.15) is 13.2 Å². The number of methoxy groups -OCH3 is 1. The molecule has 5 nitrogen and oxygen atoms in total. The summed E-state index contributed by atoms with van der Waals surface area (Å²) in [6.07, 6.45) is -2.98. The van der Waals surface area contributed by atoms with Crippen LogP contribution in [0.2, 0.25) is 0 Å². The van der Waals surface area contributed by atoms with Crippen molar-refractivity contribution >= 4 is 5.91 Å². The van der Waals surface area contributed by atoms with Crippen molar-refractivity contribution in [3.63, 3.8) is 0 Å². The quantitative estimate of drug-likeness (QED) is 0.560. The van der Waals surface area contributed by atoms with Crippen LogP contribution in [0.1, 0.15) is 30.9 Å². The Morgan fingerprint density at radius 1 is 1.07 bits per heavy atom. The number of hydrogen-bond donors (Lipinski definition) is 1. The van der Waals surface area contributed by atoms with Gasteiger partial charge in [0.1, 0.15) is 5.75 Å². The molecular formula is C22H26F3NO4. The number of hydrogen-bond acceptors (Lipinski definition) is 4. The summed E-state index contributed by atoms with van der Waals surface area (Å²) in [6.45, 7) is 2.14. The highest BCUT2D eigenvalue weighted by atomic mass is 19.4. The molecule has 2 aromatic rings. The Kier molecular flexibility index (Phi) is 8.38. The first kappa shape index (κ1) is 23.4. The highest BCUT2D eigenvalue weighted by molar-refractivity contribution is 5.81. The van der Waals surface area contributed by atoms with Gasteiger partial charge < -0.3 is 19.5 Å². The summed E-state index contributed by atoms with van der Waals surface area (Å²) in [5.41, 5.74) is 1.22. The van der Waals surface area contributed by atoms with Crippen molar-refractivity contribution < 1.29 is 32.5 Å². The summed E-state index contributed by atoms with van der Waals surface area (Å²) in [5, 5.41) is 9.33. The Balaban J connectivity index is 2.18. The van der Waals surface area contributed by atoms with Crippen LogP contribution in [0.25, 0.3) is 0 Å². The van der Waals surface area contributed by atoms with Crippen molar-refractivity contribution in [3.8, 4) is 17.2 Å². The second-order valence-electron chi connectivity index (χ2n) is 6.83. The molecule has 0 aliphatic carbocycles. The molecule has 0 unspecified atom stereocenters. The van der Waals surface area contributed by atoms with Crippen LogP contribution in [0.4, 0.5) is 13.2 Å². The second kappa shape index (κ2) is 10.8. The molecule has 1 amide bonds. The van der Waals surface area contributed by atoms with Crippen LogP contribution in [0, 0.1) is 0 Å². The fourth-order valence-electron chi connectivity index (χ4n) is 2.84. The van der Waals surface area contributed by atoms with Gasteiger partial charge in [-0.05, 0) is 48.2 Å². The maximum absolute atomic E-state index is 13.1. The average Bonchev–Trinajstić information content (AvgIpc) is 2.71. The normalized spacial score (nSPS) is 11.2. The van der Waals surface area contributed by atoms with Gasteiger partial charge in [0.05, 0.1) is 13.7 Å². The number of phenolic OH excluding ortho intramolecular Hbond substituents is 1. The predicted molar refractivity (Wildman–Crippen MR) is 107 cm³/mol. The van der Waals surface area contributed by atoms with E-state index in [-0.39, 0.29) is 25.3 Å². The van der Waals surface area contributed by atoms with Gasteiger partial charge in [-0.25, -0.2) is 0 Å². The number of benzene rings is 2. The Morgan fingerprint density at radius 2 is 1.73 bits per heavy atom. The van der Waals surface area contributed by atoms with Gasteiger partial charge in [-0.1, -0.05) is 31.5 Å². The third-order valence-electron chi connectivity index (χ3n) is 4.49. The van der Waals surface area contributed by atoms with Crippen LogP contribution < -0.4 is 9.47 Å². The Morgan fingerprint density at radius 3 is 2.33 bits per heavy atom. The van der Waals surface area contributed by atoms with E-state index in [9.17, 15) is 23.1 Å². The second-order valence-corrected chi connectivity index (χ2v) is 6.83. The first-order valence-electron chi connectivity index (χ1n) is 9.68. The van der Waals surface area contributed by atoms with Gasteiger partial charge in [0.25, 0.3) is 0 Å². The van der Waals surface area contributed by atoms with Crippen molar-refractivity contribution in [1.82, 2.24) is 4.90 Å². The number of alkyl halides is 3. The lowest BCUT2D eigenvalue weighted by molar-refractivity contribution is -0.186. The SMILES string of the molecule is CCCCOc1cc(CN(CCc2ccc(O)cc2)C(=O)C(F)(F)F)ccc1OC. The third kappa shape index (κ3) is 6.86. The summed E-state index contributed by atoms with van der Waals surface area (Å²) in [6, 6.07) is 11.0. The molecular weight excluding hydrogens is 399 g/mol. The molecule has 0 atom stereocenters. The number of amides is 1. The van der Waals surface area contributed by atoms with E-state index in [4.69, 9.17) is 9.47 Å². The number of ether oxygens (including phenoxy) is 2. The van der Waals surface area contributed by atoms with Gasteiger partial charge in [-0.15, -0.1) is 0 Å². The van der Waals surface area contributed by atoms with Gasteiger partial charge in [0.15, 0.2) is 11.5 Å². The highest BCUT2D eigenvalue weighted by Crippen LogP contribution is 2.29. The topological polar surface area (TPSA) is 59.0 Å². The van der Waals surface area contributed by atoms with Crippen molar-refractivity contribution in [1.29, 1.82) is 0 Å². The van der Waals surface area contributed by atoms with Crippen LogP contribution in [-0.4, -0.2) is 42.4 Å². The molecule has 0 radical (unpaired) electrons. The van der Waals surface area contributed by atoms with E-state index < -0.39 is 12.1 Å². The van der Waals surface area contributed by atoms with Gasteiger partial charge >= 0.3 is 12.1 Å². The van der Waals surface area contributed by atoms with Gasteiger partial charge in [0, 0.05) is 13.1 Å². The Bertz CT molecular complexity index is 822. The number of phenols is 1. The lowest BCUT2D eigenvalue weighted by Crippen LogP contribution is -2.41. The fraction of sp³-hybridized carbons (Fsp3) is 0.409. The zero-order chi connectivity index (χ0) is 22.1. The summed E-state index contributed by atoms with van der Waals surface area (Å²) >= 11 is 0. The molecule has 1 N–H and O–H groups in total. The van der Waals surface area contributed by atoms with E-state index in [1.807, 2.05) is 6.92 Å². The summed E-state index contributed by atoms with van der Waals surface area (Å²) in [7, 11) is 1.48. The standard InChI is InChI=1S/C22H26F3NO4/c1-3-4-13-30-20-14-17(7-10-19(20)29-2)15-26(21(28)22(23,24)25)12-11-16-5-8-18(27)9-6-16/h5-10,14,27H,3-4,11-13,15H2,1-2H3. The van der Waals surface area contributed by atoms with Crippen LogP contribution in [0.15, 0.2) is 42.5 Å². The van der Waals surface area contributed by atoms with Gasteiger partial charge in [0.2, 0.25) is 0 Å². The molecule has 0 saturated heterocycles. The zero-order valence-electron chi connectivity index (χ0n) is 17.0. The monoisotopic (exact) mass is 425 g/mol. The molecule has 8 heteroatoms. The van der Waals surface area contributed by atoms with Crippen LogP contribution >= 0.6 is 0 Å². The molecule has 2 aromatic carbocycles. The van der Waals surface area contributed by atoms with Crippen LogP contribution in [-0.2, 0) is 17.8 Å². The molecule has 30 heavy (non-hydrogen) atoms. The van der Waals surface area contributed by atoms with Crippen molar-refractivity contribution in [2.24, 2.45) is 0 Å². The van der Waals surface area contributed by atoms with Crippen LogP contribution in [0.5, 0.6) is 17.2 Å². The number of halogens is 3. The lowest BCUT2D eigenvalue weighted by atomic mass is 10.1. The number of unbranched alkanes of at least 4 members (excludes halogenated alkanes) is 1. The van der Waals surface area contributed by atoms with Crippen LogP contribution in [0.3, 0.4) is 0 Å². The molecule has 0 bridgehead atoms. The number of carbonyl (C=O) groups excluding carboxylic acids is 1. The lowest BCUT2D eigenvalue weighted by Gasteiger charge is -2.24. The Labute approximate surface area is 174 Å². The van der Waals surface area contributed by atoms with Crippen molar-refractivity contribution in [3.05, 3.63) is 53.6 Å². The number of carbonyl (C=O) groups is 1. The highest BCUT2D eigenvalue weighted by Gasteiger charge is 2.42. The predicted octanol–water partition coefficient (Wildman–Crippen LogP) is 4.71. The summed E-state index contributed by atoms with van der Waals surface area (Å²) in [5.74, 6) is -0.921. The Hall–Kier alpha value is -2.90. The van der Waals surface area contributed by atoms with E-state index in [1.54, 1.807) is 30.3 Å². The molecule has 0 aliphatic rings. The van der Waals surface area contributed by atoms with E-state index in [0.29, 0.717) is 29.2 Å². The largest absolute Gasteiger partial charge is 0.508 e. The third-order valence-corrected chi connectivity index (χ3v) is 4.49. The minimum atomic E-state index is -4.97. The maximum Gasteiger partial charge on any atom is 0.471 e. The first-order chi connectivity index (χ1) is 14.2. The maximum atomic E-state index is 13.1. The van der Waals surface area contributed by atoms with E-state index >= 15 is 0 Å². The molecule has 0 fully saturated rings. The minimum absolute atomic E-state index is 0.0656. The molecule has 0 aromatic heterocycles. The minimum Gasteiger partial charge on any atom is -0.508 e. The van der Waals surface area contributed by atoms with E-state index in [0.717, 1.165) is 17.7 Å². The molecule has 2 rings (SSSR count). The van der Waals surface area contributed by atoms with E-state index in [2.05, 4.69) is 0 Å². The average molecular weight is 425 g/mol. The number of rotatable bonds is 10. The fourth-order valence-corrected chi connectivity index (χ4v) is 2.84. The van der Waals surface area contributed by atoms with E-state index in [1.165, 1.54) is 19.2 Å². The molecule has 0 heterocycles. The van der Waals surface area contributed by atoms with Gasteiger partial charge in [-0.3, -0.25) is 4.79 Å². The number of nitrogens with zero attached hydrogens (tertiary/aromatic N) is 1. The van der Waals surface area contributed by atoms with Crippen molar-refractivity contribution in [2.75, 3.05) is 20.3 Å². The molecule has 0 aliphatic heterocycles. The zero-order valence-corrected chi connectivity index (χ0v) is 17.0. The first-order valence-corrected chi connectivity index (χ1v) is 9.68. The summed E-state index contributed by atoms with van der Waals surface area (Å²) in [4.78, 5) is 12.7. The molecule has 164 valence electrons. The smallest absolute Gasteiger partial charge is 0.471 e. The summed E-state index contributed by atoms with van der Waals surface area (Å²) < 4.78 is 50.3. The molecule has 0 saturated carbocycles.